The van der Waals surface area contributed by atoms with Crippen molar-refractivity contribution in [1.29, 1.82) is 0 Å². The Morgan fingerprint density at radius 2 is 2.36 bits per heavy atom. The van der Waals surface area contributed by atoms with Crippen LogP contribution in [-0.2, 0) is 0 Å². The smallest absolute Gasteiger partial charge is 0.261 e. The van der Waals surface area contributed by atoms with Crippen molar-refractivity contribution in [3.63, 3.8) is 0 Å². The molecule has 1 aromatic heterocycles. The number of amides is 1. The summed E-state index contributed by atoms with van der Waals surface area (Å²) in [6, 6.07) is 4.02. The fourth-order valence-corrected chi connectivity index (χ4v) is 2.89. The minimum absolute atomic E-state index is 0.0513. The van der Waals surface area contributed by atoms with Gasteiger partial charge in [0.2, 0.25) is 0 Å². The fourth-order valence-electron chi connectivity index (χ4n) is 1.03. The van der Waals surface area contributed by atoms with E-state index in [1.54, 1.807) is 0 Å². The molecule has 1 amide bonds. The topological polar surface area (TPSA) is 29.1 Å². The minimum atomic E-state index is 0.0513. The van der Waals surface area contributed by atoms with Crippen molar-refractivity contribution >= 4 is 39.8 Å². The number of carbonyl (C=O) groups is 1. The first-order valence-corrected chi connectivity index (χ1v) is 6.96. The highest BCUT2D eigenvalue weighted by atomic mass is 127. The van der Waals surface area contributed by atoms with Crippen LogP contribution in [0.5, 0.6) is 0 Å². The van der Waals surface area contributed by atoms with Gasteiger partial charge in [0.25, 0.3) is 5.91 Å². The van der Waals surface area contributed by atoms with Crippen molar-refractivity contribution in [3.8, 4) is 0 Å². The summed E-state index contributed by atoms with van der Waals surface area (Å²) in [5, 5.41) is 4.95. The van der Waals surface area contributed by atoms with Gasteiger partial charge >= 0.3 is 0 Å². The van der Waals surface area contributed by atoms with Crippen LogP contribution >= 0.6 is 33.9 Å². The maximum atomic E-state index is 11.7. The summed E-state index contributed by atoms with van der Waals surface area (Å²) in [4.78, 5) is 12.5. The van der Waals surface area contributed by atoms with Gasteiger partial charge in [-0.3, -0.25) is 4.79 Å². The van der Waals surface area contributed by atoms with Gasteiger partial charge in [0, 0.05) is 10.5 Å². The molecule has 0 aromatic carbocycles. The van der Waals surface area contributed by atoms with Gasteiger partial charge in [-0.25, -0.2) is 0 Å². The molecule has 0 aliphatic heterocycles. The Morgan fingerprint density at radius 1 is 1.64 bits per heavy atom. The Bertz CT molecular complexity index is 284. The number of halogens is 1. The summed E-state index contributed by atoms with van der Waals surface area (Å²) in [5.74, 6) is 0.533. The van der Waals surface area contributed by atoms with Crippen LogP contribution in [0.4, 0.5) is 0 Å². The Hall–Kier alpha value is -0.100. The number of hydrogen-bond donors (Lipinski definition) is 1. The predicted octanol–water partition coefficient (Wildman–Crippen LogP) is 2.94. The zero-order chi connectivity index (χ0) is 10.6. The maximum absolute atomic E-state index is 11.7. The third-order valence-corrected chi connectivity index (χ3v) is 3.85. The van der Waals surface area contributed by atoms with Crippen LogP contribution < -0.4 is 5.32 Å². The second-order valence-electron chi connectivity index (χ2n) is 3.46. The molecular formula is C10H14INOS. The highest BCUT2D eigenvalue weighted by Gasteiger charge is 2.15. The van der Waals surface area contributed by atoms with Crippen molar-refractivity contribution in [3.05, 3.63) is 22.4 Å². The summed E-state index contributed by atoms with van der Waals surface area (Å²) in [6.07, 6.45) is 0. The number of thiophene rings is 1. The highest BCUT2D eigenvalue weighted by Crippen LogP contribution is 2.11. The van der Waals surface area contributed by atoms with Gasteiger partial charge in [-0.2, -0.15) is 0 Å². The van der Waals surface area contributed by atoms with E-state index in [4.69, 9.17) is 0 Å². The summed E-state index contributed by atoms with van der Waals surface area (Å²) < 4.78 is 0.951. The van der Waals surface area contributed by atoms with Crippen LogP contribution in [0, 0.1) is 5.92 Å². The van der Waals surface area contributed by atoms with E-state index in [9.17, 15) is 4.79 Å². The highest BCUT2D eigenvalue weighted by molar-refractivity contribution is 14.1. The molecule has 1 rings (SSSR count). The van der Waals surface area contributed by atoms with E-state index >= 15 is 0 Å². The van der Waals surface area contributed by atoms with Crippen LogP contribution in [0.2, 0.25) is 0 Å². The van der Waals surface area contributed by atoms with Gasteiger partial charge in [0.15, 0.2) is 0 Å². The number of nitrogens with one attached hydrogen (secondary N) is 1. The lowest BCUT2D eigenvalue weighted by atomic mass is 10.1. The van der Waals surface area contributed by atoms with Gasteiger partial charge in [-0.1, -0.05) is 42.5 Å². The van der Waals surface area contributed by atoms with Crippen LogP contribution in [0.15, 0.2) is 17.5 Å². The number of hydrogen-bond acceptors (Lipinski definition) is 2. The van der Waals surface area contributed by atoms with E-state index in [0.717, 1.165) is 9.30 Å². The van der Waals surface area contributed by atoms with Crippen molar-refractivity contribution < 1.29 is 4.79 Å². The SMILES string of the molecule is CC(C)C(CI)NC(=O)c1cccs1. The molecule has 1 aromatic rings. The quantitative estimate of drug-likeness (QED) is 0.670. The second-order valence-corrected chi connectivity index (χ2v) is 5.28. The Balaban J connectivity index is 2.56. The molecule has 78 valence electrons. The summed E-state index contributed by atoms with van der Waals surface area (Å²) in [5.41, 5.74) is 0. The molecule has 0 saturated heterocycles. The first kappa shape index (κ1) is 12.0. The Kier molecular flexibility index (Phi) is 4.88. The van der Waals surface area contributed by atoms with Crippen LogP contribution in [0.1, 0.15) is 23.5 Å². The van der Waals surface area contributed by atoms with Gasteiger partial charge in [0.05, 0.1) is 4.88 Å². The first-order chi connectivity index (χ1) is 6.65. The van der Waals surface area contributed by atoms with E-state index < -0.39 is 0 Å². The molecule has 1 atom stereocenters. The van der Waals surface area contributed by atoms with E-state index in [0.29, 0.717) is 5.92 Å². The van der Waals surface area contributed by atoms with E-state index in [1.807, 2.05) is 17.5 Å². The minimum Gasteiger partial charge on any atom is -0.348 e. The van der Waals surface area contributed by atoms with Gasteiger partial charge in [-0.05, 0) is 17.4 Å². The molecule has 14 heavy (non-hydrogen) atoms. The summed E-state index contributed by atoms with van der Waals surface area (Å²) >= 11 is 3.79. The molecule has 1 heterocycles. The van der Waals surface area contributed by atoms with Crippen LogP contribution in [0.3, 0.4) is 0 Å². The van der Waals surface area contributed by atoms with Crippen molar-refractivity contribution in [2.75, 3.05) is 4.43 Å². The van der Waals surface area contributed by atoms with Gasteiger partial charge < -0.3 is 5.32 Å². The molecule has 0 aliphatic rings. The molecule has 2 nitrogen and oxygen atoms in total. The van der Waals surface area contributed by atoms with E-state index in [-0.39, 0.29) is 11.9 Å². The lowest BCUT2D eigenvalue weighted by molar-refractivity contribution is 0.0936. The molecular weight excluding hydrogens is 309 g/mol. The normalized spacial score (nSPS) is 12.9. The van der Waals surface area contributed by atoms with Crippen molar-refractivity contribution in [2.45, 2.75) is 19.9 Å². The molecule has 0 spiro atoms. The van der Waals surface area contributed by atoms with Crippen LogP contribution in [0.25, 0.3) is 0 Å². The molecule has 0 aliphatic carbocycles. The maximum Gasteiger partial charge on any atom is 0.261 e. The molecule has 4 heteroatoms. The number of carbonyl (C=O) groups excluding carboxylic acids is 1. The summed E-state index contributed by atoms with van der Waals surface area (Å²) in [6.45, 7) is 4.25. The van der Waals surface area contributed by atoms with Gasteiger partial charge in [0.1, 0.15) is 0 Å². The van der Waals surface area contributed by atoms with E-state index in [2.05, 4.69) is 41.8 Å². The predicted molar refractivity (Wildman–Crippen MR) is 69.3 cm³/mol. The zero-order valence-corrected chi connectivity index (χ0v) is 11.3. The second kappa shape index (κ2) is 5.70. The lowest BCUT2D eigenvalue weighted by Gasteiger charge is -2.19. The first-order valence-electron chi connectivity index (χ1n) is 4.55. The standard InChI is InChI=1S/C10H14INOS/c1-7(2)8(6-11)12-10(13)9-4-3-5-14-9/h3-5,7-8H,6H2,1-2H3,(H,12,13). The Morgan fingerprint density at radius 3 is 2.79 bits per heavy atom. The molecule has 0 bridgehead atoms. The third kappa shape index (κ3) is 3.24. The Labute approximate surface area is 102 Å². The summed E-state index contributed by atoms with van der Waals surface area (Å²) in [7, 11) is 0. The molecule has 1 N–H and O–H groups in total. The zero-order valence-electron chi connectivity index (χ0n) is 8.29. The monoisotopic (exact) mass is 323 g/mol. The molecule has 0 radical (unpaired) electrons. The number of alkyl halides is 1. The average Bonchev–Trinajstić information content (AvgIpc) is 2.65. The average molecular weight is 323 g/mol. The third-order valence-electron chi connectivity index (χ3n) is 2.03. The van der Waals surface area contributed by atoms with Crippen molar-refractivity contribution in [2.24, 2.45) is 5.92 Å². The lowest BCUT2D eigenvalue weighted by Crippen LogP contribution is -2.39. The molecule has 0 saturated carbocycles. The van der Waals surface area contributed by atoms with Crippen molar-refractivity contribution in [1.82, 2.24) is 5.32 Å². The van der Waals surface area contributed by atoms with Gasteiger partial charge in [-0.15, -0.1) is 11.3 Å². The number of rotatable bonds is 4. The molecule has 0 fully saturated rings. The molecule has 1 unspecified atom stereocenters. The largest absolute Gasteiger partial charge is 0.348 e. The van der Waals surface area contributed by atoms with Crippen LogP contribution in [-0.4, -0.2) is 16.4 Å². The van der Waals surface area contributed by atoms with E-state index in [1.165, 1.54) is 11.3 Å². The fraction of sp³-hybridized carbons (Fsp3) is 0.500.